The molecule has 102 valence electrons. The van der Waals surface area contributed by atoms with Gasteiger partial charge >= 0.3 is 0 Å². The second-order valence-corrected chi connectivity index (χ2v) is 5.89. The summed E-state index contributed by atoms with van der Waals surface area (Å²) in [5, 5.41) is 4.89. The van der Waals surface area contributed by atoms with Crippen LogP contribution in [0, 0.1) is 0 Å². The van der Waals surface area contributed by atoms with Gasteiger partial charge in [-0.15, -0.1) is 4.83 Å². The molecule has 2 N–H and O–H groups in total. The van der Waals surface area contributed by atoms with Crippen molar-refractivity contribution in [2.24, 2.45) is 0 Å². The number of ether oxygens (including phenoxy) is 1. The zero-order valence-electron chi connectivity index (χ0n) is 10.4. The summed E-state index contributed by atoms with van der Waals surface area (Å²) in [6.07, 6.45) is 1.57. The van der Waals surface area contributed by atoms with E-state index in [4.69, 9.17) is 4.74 Å². The number of hydrazine groups is 1. The number of morpholine rings is 1. The van der Waals surface area contributed by atoms with E-state index in [1.807, 2.05) is 6.92 Å². The Labute approximate surface area is 104 Å². The molecule has 0 aliphatic carbocycles. The number of sulfonamides is 1. The second kappa shape index (κ2) is 7.99. The molecular weight excluding hydrogens is 242 g/mol. The maximum absolute atomic E-state index is 11.7. The molecule has 0 spiro atoms. The third kappa shape index (κ3) is 6.95. The summed E-state index contributed by atoms with van der Waals surface area (Å²) >= 11 is 0. The van der Waals surface area contributed by atoms with E-state index in [0.29, 0.717) is 32.7 Å². The Morgan fingerprint density at radius 3 is 2.59 bits per heavy atom. The fraction of sp³-hybridized carbons (Fsp3) is 1.00. The SMILES string of the molecule is CCNCCCCS(=O)(=O)NN1CCOCC1. The highest BCUT2D eigenvalue weighted by atomic mass is 32.2. The van der Waals surface area contributed by atoms with Gasteiger partial charge < -0.3 is 10.1 Å². The summed E-state index contributed by atoms with van der Waals surface area (Å²) in [5.41, 5.74) is 0. The van der Waals surface area contributed by atoms with E-state index < -0.39 is 10.0 Å². The molecule has 17 heavy (non-hydrogen) atoms. The fourth-order valence-electron chi connectivity index (χ4n) is 1.62. The Morgan fingerprint density at radius 2 is 1.94 bits per heavy atom. The van der Waals surface area contributed by atoms with Gasteiger partial charge in [0.2, 0.25) is 10.0 Å². The van der Waals surface area contributed by atoms with Gasteiger partial charge in [0.25, 0.3) is 0 Å². The first kappa shape index (κ1) is 14.8. The lowest BCUT2D eigenvalue weighted by Crippen LogP contribution is -2.48. The Kier molecular flexibility index (Phi) is 6.98. The van der Waals surface area contributed by atoms with Crippen LogP contribution in [0.15, 0.2) is 0 Å². The number of hydrogen-bond donors (Lipinski definition) is 2. The van der Waals surface area contributed by atoms with Crippen molar-refractivity contribution < 1.29 is 13.2 Å². The molecule has 1 fully saturated rings. The smallest absolute Gasteiger partial charge is 0.224 e. The predicted octanol–water partition coefficient (Wildman–Crippen LogP) is -0.457. The molecule has 1 aliphatic heterocycles. The molecule has 0 aromatic heterocycles. The van der Waals surface area contributed by atoms with E-state index in [0.717, 1.165) is 19.5 Å². The van der Waals surface area contributed by atoms with E-state index in [2.05, 4.69) is 10.1 Å². The fourth-order valence-corrected chi connectivity index (χ4v) is 2.87. The zero-order chi connectivity index (χ0) is 12.6. The maximum Gasteiger partial charge on any atom is 0.224 e. The van der Waals surface area contributed by atoms with Gasteiger partial charge in [-0.3, -0.25) is 0 Å². The van der Waals surface area contributed by atoms with Crippen LogP contribution < -0.4 is 10.1 Å². The number of hydrogen-bond acceptors (Lipinski definition) is 5. The lowest BCUT2D eigenvalue weighted by atomic mass is 10.3. The lowest BCUT2D eigenvalue weighted by Gasteiger charge is -2.26. The molecule has 0 bridgehead atoms. The number of nitrogens with one attached hydrogen (secondary N) is 2. The highest BCUT2D eigenvalue weighted by Crippen LogP contribution is 1.98. The van der Waals surface area contributed by atoms with Crippen molar-refractivity contribution in [1.82, 2.24) is 15.2 Å². The highest BCUT2D eigenvalue weighted by Gasteiger charge is 2.17. The molecule has 1 aliphatic rings. The minimum Gasteiger partial charge on any atom is -0.379 e. The van der Waals surface area contributed by atoms with Gasteiger partial charge in [0, 0.05) is 13.1 Å². The first-order valence-electron chi connectivity index (χ1n) is 6.17. The van der Waals surface area contributed by atoms with Gasteiger partial charge in [0.05, 0.1) is 19.0 Å². The van der Waals surface area contributed by atoms with Crippen LogP contribution in [0.1, 0.15) is 19.8 Å². The van der Waals surface area contributed by atoms with E-state index in [1.54, 1.807) is 5.01 Å². The predicted molar refractivity (Wildman–Crippen MR) is 67.1 cm³/mol. The quantitative estimate of drug-likeness (QED) is 0.581. The molecule has 0 radical (unpaired) electrons. The van der Waals surface area contributed by atoms with Crippen LogP contribution in [-0.4, -0.2) is 58.6 Å². The molecule has 0 unspecified atom stereocenters. The molecule has 0 saturated carbocycles. The van der Waals surface area contributed by atoms with Crippen LogP contribution in [0.25, 0.3) is 0 Å². The molecule has 0 aromatic carbocycles. The summed E-state index contributed by atoms with van der Waals surface area (Å²) in [6.45, 7) is 6.26. The summed E-state index contributed by atoms with van der Waals surface area (Å²) in [7, 11) is -3.18. The second-order valence-electron chi connectivity index (χ2n) is 4.07. The van der Waals surface area contributed by atoms with Gasteiger partial charge in [-0.1, -0.05) is 6.92 Å². The molecule has 1 rings (SSSR count). The van der Waals surface area contributed by atoms with Gasteiger partial charge in [-0.25, -0.2) is 13.4 Å². The first-order chi connectivity index (χ1) is 8.14. The van der Waals surface area contributed by atoms with Gasteiger partial charge in [0.15, 0.2) is 0 Å². The highest BCUT2D eigenvalue weighted by molar-refractivity contribution is 7.89. The average Bonchev–Trinajstić information content (AvgIpc) is 2.29. The minimum absolute atomic E-state index is 0.190. The number of nitrogens with zero attached hydrogens (tertiary/aromatic N) is 1. The maximum atomic E-state index is 11.7. The molecular formula is C10H23N3O3S. The van der Waals surface area contributed by atoms with Crippen molar-refractivity contribution >= 4 is 10.0 Å². The van der Waals surface area contributed by atoms with Gasteiger partial charge in [-0.2, -0.15) is 0 Å². The van der Waals surface area contributed by atoms with Crippen molar-refractivity contribution in [2.45, 2.75) is 19.8 Å². The van der Waals surface area contributed by atoms with E-state index in [-0.39, 0.29) is 5.75 Å². The molecule has 0 aromatic rings. The Hall–Kier alpha value is -0.210. The normalized spacial score (nSPS) is 18.4. The third-order valence-corrected chi connectivity index (χ3v) is 3.91. The van der Waals surface area contributed by atoms with E-state index >= 15 is 0 Å². The largest absolute Gasteiger partial charge is 0.379 e. The van der Waals surface area contributed by atoms with Gasteiger partial charge in [0.1, 0.15) is 0 Å². The lowest BCUT2D eigenvalue weighted by molar-refractivity contribution is 0.0272. The Morgan fingerprint density at radius 1 is 1.24 bits per heavy atom. The minimum atomic E-state index is -3.18. The molecule has 1 saturated heterocycles. The molecule has 7 heteroatoms. The zero-order valence-corrected chi connectivity index (χ0v) is 11.3. The summed E-state index contributed by atoms with van der Waals surface area (Å²) < 4.78 is 28.6. The first-order valence-corrected chi connectivity index (χ1v) is 7.83. The molecule has 0 atom stereocenters. The number of rotatable bonds is 8. The average molecular weight is 265 g/mol. The molecule has 6 nitrogen and oxygen atoms in total. The van der Waals surface area contributed by atoms with E-state index in [1.165, 1.54) is 0 Å². The Bertz CT molecular complexity index is 289. The summed E-state index contributed by atoms with van der Waals surface area (Å²) in [4.78, 5) is 2.59. The van der Waals surface area contributed by atoms with Gasteiger partial charge in [-0.05, 0) is 25.9 Å². The van der Waals surface area contributed by atoms with Crippen molar-refractivity contribution in [2.75, 3.05) is 45.1 Å². The van der Waals surface area contributed by atoms with E-state index in [9.17, 15) is 8.42 Å². The topological polar surface area (TPSA) is 70.7 Å². The van der Waals surface area contributed by atoms with Crippen molar-refractivity contribution in [3.05, 3.63) is 0 Å². The third-order valence-electron chi connectivity index (χ3n) is 2.55. The summed E-state index contributed by atoms with van der Waals surface area (Å²) in [5.74, 6) is 0.190. The van der Waals surface area contributed by atoms with Crippen LogP contribution in [0.2, 0.25) is 0 Å². The van der Waals surface area contributed by atoms with Crippen molar-refractivity contribution in [1.29, 1.82) is 0 Å². The molecule has 1 heterocycles. The molecule has 0 amide bonds. The van der Waals surface area contributed by atoms with Crippen molar-refractivity contribution in [3.8, 4) is 0 Å². The monoisotopic (exact) mass is 265 g/mol. The number of unbranched alkanes of at least 4 members (excludes halogenated alkanes) is 1. The van der Waals surface area contributed by atoms with Crippen LogP contribution in [-0.2, 0) is 14.8 Å². The van der Waals surface area contributed by atoms with Crippen LogP contribution in [0.5, 0.6) is 0 Å². The standard InChI is InChI=1S/C10H23N3O3S/c1-2-11-5-3-4-10-17(14,15)12-13-6-8-16-9-7-13/h11-12H,2-10H2,1H3. The van der Waals surface area contributed by atoms with Crippen molar-refractivity contribution in [3.63, 3.8) is 0 Å². The Balaban J connectivity index is 2.16. The van der Waals surface area contributed by atoms with Crippen LogP contribution >= 0.6 is 0 Å². The van der Waals surface area contributed by atoms with Crippen LogP contribution in [0.4, 0.5) is 0 Å². The summed E-state index contributed by atoms with van der Waals surface area (Å²) in [6, 6.07) is 0. The van der Waals surface area contributed by atoms with Crippen LogP contribution in [0.3, 0.4) is 0 Å².